The number of rotatable bonds is 2. The van der Waals surface area contributed by atoms with Crippen molar-refractivity contribution in [2.75, 3.05) is 0 Å². The SMILES string of the molecule is OC(c1cc2c(s1)CCCCC2)c1cccc(F)c1F. The lowest BCUT2D eigenvalue weighted by molar-refractivity contribution is 0.217. The van der Waals surface area contributed by atoms with Gasteiger partial charge in [0.2, 0.25) is 0 Å². The van der Waals surface area contributed by atoms with Crippen molar-refractivity contribution in [2.45, 2.75) is 38.2 Å². The van der Waals surface area contributed by atoms with Crippen LogP contribution in [0.3, 0.4) is 0 Å². The van der Waals surface area contributed by atoms with Gasteiger partial charge in [-0.3, -0.25) is 0 Å². The Morgan fingerprint density at radius 3 is 2.75 bits per heavy atom. The van der Waals surface area contributed by atoms with Gasteiger partial charge in [-0.05, 0) is 43.4 Å². The summed E-state index contributed by atoms with van der Waals surface area (Å²) in [5.41, 5.74) is 1.28. The van der Waals surface area contributed by atoms with E-state index in [-0.39, 0.29) is 5.56 Å². The maximum atomic E-state index is 13.8. The van der Waals surface area contributed by atoms with Crippen molar-refractivity contribution in [3.63, 3.8) is 0 Å². The first-order valence-electron chi connectivity index (χ1n) is 6.90. The Balaban J connectivity index is 1.94. The van der Waals surface area contributed by atoms with E-state index in [4.69, 9.17) is 0 Å². The quantitative estimate of drug-likeness (QED) is 0.815. The summed E-state index contributed by atoms with van der Waals surface area (Å²) in [7, 11) is 0. The first kappa shape index (κ1) is 13.7. The third-order valence-corrected chi connectivity index (χ3v) is 5.10. The average Bonchev–Trinajstić information content (AvgIpc) is 2.72. The highest BCUT2D eigenvalue weighted by Gasteiger charge is 2.21. The van der Waals surface area contributed by atoms with Crippen molar-refractivity contribution in [3.8, 4) is 0 Å². The smallest absolute Gasteiger partial charge is 0.164 e. The number of aryl methyl sites for hydroxylation is 2. The molecule has 106 valence electrons. The molecule has 1 nitrogen and oxygen atoms in total. The van der Waals surface area contributed by atoms with Gasteiger partial charge in [0.15, 0.2) is 11.6 Å². The molecule has 1 unspecified atom stereocenters. The second kappa shape index (κ2) is 5.62. The van der Waals surface area contributed by atoms with Crippen LogP contribution < -0.4 is 0 Å². The van der Waals surface area contributed by atoms with Crippen LogP contribution in [0.5, 0.6) is 0 Å². The predicted octanol–water partition coefficient (Wildman–Crippen LogP) is 4.38. The van der Waals surface area contributed by atoms with E-state index in [1.165, 1.54) is 40.3 Å². The van der Waals surface area contributed by atoms with Crippen LogP contribution in [0.15, 0.2) is 24.3 Å². The number of aliphatic hydroxyl groups excluding tert-OH is 1. The van der Waals surface area contributed by atoms with Gasteiger partial charge in [-0.25, -0.2) is 8.78 Å². The van der Waals surface area contributed by atoms with Crippen molar-refractivity contribution in [3.05, 3.63) is 56.8 Å². The summed E-state index contributed by atoms with van der Waals surface area (Å²) in [5, 5.41) is 10.3. The first-order chi connectivity index (χ1) is 9.66. The summed E-state index contributed by atoms with van der Waals surface area (Å²) in [6, 6.07) is 5.89. The minimum Gasteiger partial charge on any atom is -0.383 e. The molecule has 1 aliphatic rings. The molecule has 1 aliphatic carbocycles. The minimum atomic E-state index is -1.08. The van der Waals surface area contributed by atoms with E-state index in [0.29, 0.717) is 4.88 Å². The highest BCUT2D eigenvalue weighted by molar-refractivity contribution is 7.12. The number of halogens is 2. The van der Waals surface area contributed by atoms with Gasteiger partial charge in [0, 0.05) is 15.3 Å². The molecule has 1 heterocycles. The van der Waals surface area contributed by atoms with Crippen molar-refractivity contribution >= 4 is 11.3 Å². The van der Waals surface area contributed by atoms with E-state index < -0.39 is 17.7 Å². The van der Waals surface area contributed by atoms with Gasteiger partial charge in [0.05, 0.1) is 0 Å². The van der Waals surface area contributed by atoms with Crippen molar-refractivity contribution in [2.24, 2.45) is 0 Å². The number of hydrogen-bond acceptors (Lipinski definition) is 2. The molecule has 1 aromatic carbocycles. The second-order valence-corrected chi connectivity index (χ2v) is 6.37. The van der Waals surface area contributed by atoms with Gasteiger partial charge in [0.25, 0.3) is 0 Å². The maximum absolute atomic E-state index is 13.8. The molecule has 1 atom stereocenters. The summed E-state index contributed by atoms with van der Waals surface area (Å²) in [4.78, 5) is 2.00. The van der Waals surface area contributed by atoms with E-state index >= 15 is 0 Å². The van der Waals surface area contributed by atoms with Crippen LogP contribution >= 0.6 is 11.3 Å². The van der Waals surface area contributed by atoms with Gasteiger partial charge in [0.1, 0.15) is 6.10 Å². The number of aliphatic hydroxyl groups is 1. The van der Waals surface area contributed by atoms with E-state index in [1.807, 2.05) is 6.07 Å². The highest BCUT2D eigenvalue weighted by atomic mass is 32.1. The molecule has 0 fully saturated rings. The monoisotopic (exact) mass is 294 g/mol. The topological polar surface area (TPSA) is 20.2 Å². The van der Waals surface area contributed by atoms with Gasteiger partial charge < -0.3 is 5.11 Å². The van der Waals surface area contributed by atoms with Crippen LogP contribution in [0.4, 0.5) is 8.78 Å². The molecule has 3 rings (SSSR count). The van der Waals surface area contributed by atoms with Crippen LogP contribution in [0.2, 0.25) is 0 Å². The third kappa shape index (κ3) is 2.50. The fourth-order valence-corrected chi connectivity index (χ4v) is 3.97. The predicted molar refractivity (Wildman–Crippen MR) is 76.0 cm³/mol. The zero-order chi connectivity index (χ0) is 14.1. The largest absolute Gasteiger partial charge is 0.383 e. The number of fused-ring (bicyclic) bond motifs is 1. The molecular weight excluding hydrogens is 278 g/mol. The molecule has 0 amide bonds. The molecule has 0 bridgehead atoms. The normalized spacial score (nSPS) is 16.6. The molecule has 1 aromatic heterocycles. The van der Waals surface area contributed by atoms with Gasteiger partial charge >= 0.3 is 0 Å². The molecule has 0 saturated carbocycles. The van der Waals surface area contributed by atoms with Gasteiger partial charge in [-0.2, -0.15) is 0 Å². The molecule has 20 heavy (non-hydrogen) atoms. The first-order valence-corrected chi connectivity index (χ1v) is 7.72. The zero-order valence-corrected chi connectivity index (χ0v) is 11.9. The van der Waals surface area contributed by atoms with Gasteiger partial charge in [-0.15, -0.1) is 11.3 Å². The van der Waals surface area contributed by atoms with E-state index in [0.717, 1.165) is 31.7 Å². The lowest BCUT2D eigenvalue weighted by Crippen LogP contribution is -2.02. The molecule has 1 N–H and O–H groups in total. The van der Waals surface area contributed by atoms with E-state index in [9.17, 15) is 13.9 Å². The Kier molecular flexibility index (Phi) is 3.85. The lowest BCUT2D eigenvalue weighted by Gasteiger charge is -2.10. The van der Waals surface area contributed by atoms with Crippen LogP contribution in [-0.4, -0.2) is 5.11 Å². The Bertz CT molecular complexity index is 597. The molecular formula is C16H16F2OS. The summed E-state index contributed by atoms with van der Waals surface area (Å²) in [6.07, 6.45) is 4.52. The average molecular weight is 294 g/mol. The molecule has 0 aliphatic heterocycles. The van der Waals surface area contributed by atoms with Crippen LogP contribution in [0, 0.1) is 11.6 Å². The third-order valence-electron chi connectivity index (χ3n) is 3.81. The lowest BCUT2D eigenvalue weighted by atomic mass is 10.1. The van der Waals surface area contributed by atoms with E-state index in [1.54, 1.807) is 0 Å². The van der Waals surface area contributed by atoms with Crippen LogP contribution in [-0.2, 0) is 12.8 Å². The fraction of sp³-hybridized carbons (Fsp3) is 0.375. The summed E-state index contributed by atoms with van der Waals surface area (Å²) in [6.45, 7) is 0. The molecule has 4 heteroatoms. The summed E-state index contributed by atoms with van der Waals surface area (Å²) in [5.74, 6) is -1.87. The Morgan fingerprint density at radius 1 is 1.10 bits per heavy atom. The number of thiophene rings is 1. The Hall–Kier alpha value is -1.26. The fourth-order valence-electron chi connectivity index (χ4n) is 2.71. The highest BCUT2D eigenvalue weighted by Crippen LogP contribution is 2.35. The summed E-state index contributed by atoms with van der Waals surface area (Å²) < 4.78 is 27.0. The van der Waals surface area contributed by atoms with Gasteiger partial charge in [-0.1, -0.05) is 18.6 Å². The Labute approximate surface area is 120 Å². The molecule has 0 saturated heterocycles. The maximum Gasteiger partial charge on any atom is 0.164 e. The molecule has 2 aromatic rings. The number of benzene rings is 1. The molecule has 0 radical (unpaired) electrons. The second-order valence-electron chi connectivity index (χ2n) is 5.20. The van der Waals surface area contributed by atoms with Crippen molar-refractivity contribution in [1.82, 2.24) is 0 Å². The zero-order valence-electron chi connectivity index (χ0n) is 11.0. The standard InChI is InChI=1S/C16H16F2OS/c17-12-7-4-6-11(15(12)18)16(19)14-9-10-5-2-1-3-8-13(10)20-14/h4,6-7,9,16,19H,1-3,5,8H2. The van der Waals surface area contributed by atoms with Crippen molar-refractivity contribution in [1.29, 1.82) is 0 Å². The van der Waals surface area contributed by atoms with Crippen LogP contribution in [0.25, 0.3) is 0 Å². The summed E-state index contributed by atoms with van der Waals surface area (Å²) >= 11 is 1.53. The number of hydrogen-bond donors (Lipinski definition) is 1. The Morgan fingerprint density at radius 2 is 1.90 bits per heavy atom. The minimum absolute atomic E-state index is 0.0152. The van der Waals surface area contributed by atoms with Crippen LogP contribution in [0.1, 0.15) is 46.2 Å². The molecule has 0 spiro atoms. The van der Waals surface area contributed by atoms with Crippen molar-refractivity contribution < 1.29 is 13.9 Å². The van der Waals surface area contributed by atoms with E-state index in [2.05, 4.69) is 0 Å².